The monoisotopic (exact) mass is 274 g/mol. The first kappa shape index (κ1) is 14.5. The van der Waals surface area contributed by atoms with Gasteiger partial charge in [-0.15, -0.1) is 0 Å². The topological polar surface area (TPSA) is 52.0 Å². The van der Waals surface area contributed by atoms with E-state index < -0.39 is 0 Å². The predicted molar refractivity (Wildman–Crippen MR) is 79.9 cm³/mol. The number of imidazole rings is 1. The minimum Gasteiger partial charge on any atom is -0.383 e. The number of rotatable bonds is 6. The number of hydrogen-bond donors (Lipinski definition) is 1. The summed E-state index contributed by atoms with van der Waals surface area (Å²) in [6.45, 7) is 7.42. The van der Waals surface area contributed by atoms with Crippen molar-refractivity contribution in [1.82, 2.24) is 14.5 Å². The molecular formula is C15H22N4O. The lowest BCUT2D eigenvalue weighted by Gasteiger charge is -2.16. The molecule has 0 radical (unpaired) electrons. The molecule has 2 heterocycles. The minimum atomic E-state index is 0.245. The van der Waals surface area contributed by atoms with Crippen molar-refractivity contribution in [1.29, 1.82) is 0 Å². The number of methoxy groups -OCH3 is 1. The highest BCUT2D eigenvalue weighted by Crippen LogP contribution is 2.16. The van der Waals surface area contributed by atoms with Crippen molar-refractivity contribution < 1.29 is 4.74 Å². The number of anilines is 1. The van der Waals surface area contributed by atoms with Crippen molar-refractivity contribution in [2.75, 3.05) is 19.0 Å². The lowest BCUT2D eigenvalue weighted by Crippen LogP contribution is -2.14. The zero-order chi connectivity index (χ0) is 14.5. The number of pyridine rings is 1. The number of nitrogens with one attached hydrogen (secondary N) is 1. The van der Waals surface area contributed by atoms with Crippen LogP contribution in [0, 0.1) is 13.8 Å². The van der Waals surface area contributed by atoms with Gasteiger partial charge in [0.15, 0.2) is 0 Å². The molecule has 0 aromatic carbocycles. The van der Waals surface area contributed by atoms with E-state index in [1.807, 2.05) is 38.2 Å². The second-order valence-corrected chi connectivity index (χ2v) is 5.04. The lowest BCUT2D eigenvalue weighted by molar-refractivity contribution is 0.163. The molecule has 0 bridgehead atoms. The van der Waals surface area contributed by atoms with Crippen LogP contribution in [0.25, 0.3) is 0 Å². The molecular weight excluding hydrogens is 252 g/mol. The normalized spacial score (nSPS) is 12.4. The molecule has 0 spiro atoms. The van der Waals surface area contributed by atoms with E-state index in [0.29, 0.717) is 13.2 Å². The first-order valence-corrected chi connectivity index (χ1v) is 6.81. The van der Waals surface area contributed by atoms with Crippen LogP contribution in [0.5, 0.6) is 0 Å². The van der Waals surface area contributed by atoms with Crippen LogP contribution >= 0.6 is 0 Å². The van der Waals surface area contributed by atoms with E-state index in [1.165, 1.54) is 0 Å². The zero-order valence-electron chi connectivity index (χ0n) is 12.6. The SMILES string of the molecule is COCC(C)n1cc(C)nc1NCc1cccc(C)n1. The molecule has 5 nitrogen and oxygen atoms in total. The van der Waals surface area contributed by atoms with Gasteiger partial charge in [0, 0.05) is 19.0 Å². The van der Waals surface area contributed by atoms with Crippen molar-refractivity contribution in [3.05, 3.63) is 41.5 Å². The number of aromatic nitrogens is 3. The number of hydrogen-bond acceptors (Lipinski definition) is 4. The standard InChI is InChI=1S/C15H22N4O/c1-11-6-5-7-14(17-11)8-16-15-18-12(2)9-19(15)13(3)10-20-4/h5-7,9,13H,8,10H2,1-4H3,(H,16,18). The smallest absolute Gasteiger partial charge is 0.203 e. The fourth-order valence-electron chi connectivity index (χ4n) is 2.17. The van der Waals surface area contributed by atoms with Crippen LogP contribution in [0.15, 0.2) is 24.4 Å². The van der Waals surface area contributed by atoms with Crippen LogP contribution in [0.1, 0.15) is 30.0 Å². The van der Waals surface area contributed by atoms with Gasteiger partial charge in [-0.25, -0.2) is 4.98 Å². The van der Waals surface area contributed by atoms with Crippen LogP contribution in [0.2, 0.25) is 0 Å². The summed E-state index contributed by atoms with van der Waals surface area (Å²) in [6, 6.07) is 6.27. The molecule has 0 saturated heterocycles. The Morgan fingerprint density at radius 2 is 2.05 bits per heavy atom. The van der Waals surface area contributed by atoms with E-state index in [9.17, 15) is 0 Å². The molecule has 2 aromatic rings. The highest BCUT2D eigenvalue weighted by atomic mass is 16.5. The molecule has 20 heavy (non-hydrogen) atoms. The maximum Gasteiger partial charge on any atom is 0.203 e. The summed E-state index contributed by atoms with van der Waals surface area (Å²) in [7, 11) is 1.71. The van der Waals surface area contributed by atoms with Gasteiger partial charge in [0.1, 0.15) is 0 Å². The Morgan fingerprint density at radius 3 is 2.75 bits per heavy atom. The Morgan fingerprint density at radius 1 is 1.25 bits per heavy atom. The Bertz CT molecular complexity index is 565. The highest BCUT2D eigenvalue weighted by Gasteiger charge is 2.11. The van der Waals surface area contributed by atoms with Crippen molar-refractivity contribution in [2.24, 2.45) is 0 Å². The molecule has 5 heteroatoms. The quantitative estimate of drug-likeness (QED) is 0.880. The number of aryl methyl sites for hydroxylation is 2. The van der Waals surface area contributed by atoms with Gasteiger partial charge in [-0.2, -0.15) is 0 Å². The third kappa shape index (κ3) is 3.57. The molecule has 108 valence electrons. The lowest BCUT2D eigenvalue weighted by atomic mass is 10.3. The maximum absolute atomic E-state index is 5.21. The van der Waals surface area contributed by atoms with Gasteiger partial charge in [0.05, 0.1) is 30.6 Å². The molecule has 0 aliphatic carbocycles. The third-order valence-corrected chi connectivity index (χ3v) is 3.11. The fourth-order valence-corrected chi connectivity index (χ4v) is 2.17. The zero-order valence-corrected chi connectivity index (χ0v) is 12.6. The summed E-state index contributed by atoms with van der Waals surface area (Å²) in [6.07, 6.45) is 2.04. The van der Waals surface area contributed by atoms with E-state index in [1.54, 1.807) is 7.11 Å². The van der Waals surface area contributed by atoms with Crippen LogP contribution < -0.4 is 5.32 Å². The van der Waals surface area contributed by atoms with Gasteiger partial charge >= 0.3 is 0 Å². The summed E-state index contributed by atoms with van der Waals surface area (Å²) in [5.41, 5.74) is 3.03. The Hall–Kier alpha value is -1.88. The summed E-state index contributed by atoms with van der Waals surface area (Å²) in [4.78, 5) is 9.00. The first-order chi connectivity index (χ1) is 9.60. The molecule has 2 rings (SSSR count). The molecule has 2 aromatic heterocycles. The van der Waals surface area contributed by atoms with E-state index in [-0.39, 0.29) is 6.04 Å². The molecule has 0 amide bonds. The van der Waals surface area contributed by atoms with Crippen LogP contribution in [-0.4, -0.2) is 28.3 Å². The maximum atomic E-state index is 5.21. The largest absolute Gasteiger partial charge is 0.383 e. The average Bonchev–Trinajstić information content (AvgIpc) is 2.78. The molecule has 1 N–H and O–H groups in total. The Labute approximate surface area is 120 Å². The van der Waals surface area contributed by atoms with Gasteiger partial charge in [0.2, 0.25) is 5.95 Å². The number of ether oxygens (including phenoxy) is 1. The van der Waals surface area contributed by atoms with E-state index in [2.05, 4.69) is 26.8 Å². The average molecular weight is 274 g/mol. The van der Waals surface area contributed by atoms with E-state index in [0.717, 1.165) is 23.0 Å². The highest BCUT2D eigenvalue weighted by molar-refractivity contribution is 5.30. The van der Waals surface area contributed by atoms with Gasteiger partial charge in [0.25, 0.3) is 0 Å². The first-order valence-electron chi connectivity index (χ1n) is 6.81. The molecule has 0 fully saturated rings. The summed E-state index contributed by atoms with van der Waals surface area (Å²) >= 11 is 0. The van der Waals surface area contributed by atoms with Crippen molar-refractivity contribution in [3.8, 4) is 0 Å². The Balaban J connectivity index is 2.09. The second kappa shape index (κ2) is 6.52. The second-order valence-electron chi connectivity index (χ2n) is 5.04. The molecule has 0 saturated carbocycles. The molecule has 1 unspecified atom stereocenters. The summed E-state index contributed by atoms with van der Waals surface area (Å²) in [5, 5.41) is 3.35. The van der Waals surface area contributed by atoms with Crippen molar-refractivity contribution in [3.63, 3.8) is 0 Å². The fraction of sp³-hybridized carbons (Fsp3) is 0.467. The summed E-state index contributed by atoms with van der Waals surface area (Å²) < 4.78 is 7.32. The van der Waals surface area contributed by atoms with Gasteiger partial charge < -0.3 is 14.6 Å². The predicted octanol–water partition coefficient (Wildman–Crippen LogP) is 2.71. The van der Waals surface area contributed by atoms with Gasteiger partial charge in [-0.3, -0.25) is 4.98 Å². The van der Waals surface area contributed by atoms with Crippen LogP contribution in [-0.2, 0) is 11.3 Å². The summed E-state index contributed by atoms with van der Waals surface area (Å²) in [5.74, 6) is 0.857. The number of nitrogens with zero attached hydrogens (tertiary/aromatic N) is 3. The van der Waals surface area contributed by atoms with Gasteiger partial charge in [-0.05, 0) is 32.9 Å². The molecule has 1 atom stereocenters. The minimum absolute atomic E-state index is 0.245. The Kier molecular flexibility index (Phi) is 4.74. The van der Waals surface area contributed by atoms with E-state index >= 15 is 0 Å². The van der Waals surface area contributed by atoms with Crippen LogP contribution in [0.4, 0.5) is 5.95 Å². The van der Waals surface area contributed by atoms with E-state index in [4.69, 9.17) is 4.74 Å². The van der Waals surface area contributed by atoms with Crippen molar-refractivity contribution in [2.45, 2.75) is 33.4 Å². The third-order valence-electron chi connectivity index (χ3n) is 3.11. The molecule has 0 aliphatic heterocycles. The van der Waals surface area contributed by atoms with Crippen LogP contribution in [0.3, 0.4) is 0 Å². The van der Waals surface area contributed by atoms with Gasteiger partial charge in [-0.1, -0.05) is 6.07 Å². The van der Waals surface area contributed by atoms with Crippen molar-refractivity contribution >= 4 is 5.95 Å². The molecule has 0 aliphatic rings.